The number of rotatable bonds is 5. The number of benzene rings is 1. The molecule has 0 spiro atoms. The first-order valence-electron chi connectivity index (χ1n) is 6.41. The quantitative estimate of drug-likeness (QED) is 0.565. The number of nitrogens with zero attached hydrogens (tertiary/aromatic N) is 2. The van der Waals surface area contributed by atoms with E-state index in [0.29, 0.717) is 5.13 Å². The number of nitrogens with one attached hydrogen (secondary N) is 1. The third kappa shape index (κ3) is 3.67. The molecular formula is C16H13N3OS. The van der Waals surface area contributed by atoms with Gasteiger partial charge < -0.3 is 4.84 Å². The Morgan fingerprint density at radius 3 is 2.67 bits per heavy atom. The minimum atomic E-state index is 0.708. The third-order valence-electron chi connectivity index (χ3n) is 2.75. The second-order valence-corrected chi connectivity index (χ2v) is 5.07. The Morgan fingerprint density at radius 2 is 1.86 bits per heavy atom. The lowest BCUT2D eigenvalue weighted by atomic mass is 10.2. The van der Waals surface area contributed by atoms with E-state index in [1.807, 2.05) is 53.9 Å². The van der Waals surface area contributed by atoms with E-state index < -0.39 is 0 Å². The van der Waals surface area contributed by atoms with Crippen molar-refractivity contribution in [2.45, 2.75) is 0 Å². The molecule has 0 fully saturated rings. The minimum absolute atomic E-state index is 0.708. The molecule has 21 heavy (non-hydrogen) atoms. The molecule has 1 N–H and O–H groups in total. The Bertz CT molecular complexity index is 711. The molecule has 2 aromatic heterocycles. The van der Waals surface area contributed by atoms with Gasteiger partial charge in [0.25, 0.3) is 0 Å². The Labute approximate surface area is 126 Å². The zero-order chi connectivity index (χ0) is 14.3. The summed E-state index contributed by atoms with van der Waals surface area (Å²) in [6.07, 6.45) is 6.98. The van der Waals surface area contributed by atoms with E-state index in [2.05, 4.69) is 15.4 Å². The van der Waals surface area contributed by atoms with E-state index >= 15 is 0 Å². The summed E-state index contributed by atoms with van der Waals surface area (Å²) in [4.78, 5) is 13.7. The van der Waals surface area contributed by atoms with E-state index in [1.54, 1.807) is 18.7 Å². The van der Waals surface area contributed by atoms with Gasteiger partial charge in [0.2, 0.25) is 5.13 Å². The molecule has 0 aliphatic heterocycles. The molecular weight excluding hydrogens is 282 g/mol. The van der Waals surface area contributed by atoms with Crippen molar-refractivity contribution in [3.05, 3.63) is 72.1 Å². The van der Waals surface area contributed by atoms with E-state index in [1.165, 1.54) is 11.3 Å². The highest BCUT2D eigenvalue weighted by molar-refractivity contribution is 7.14. The van der Waals surface area contributed by atoms with Crippen LogP contribution in [0.4, 0.5) is 5.13 Å². The van der Waals surface area contributed by atoms with Gasteiger partial charge in [0.05, 0.1) is 5.69 Å². The van der Waals surface area contributed by atoms with E-state index in [0.717, 1.165) is 16.8 Å². The molecule has 0 radical (unpaired) electrons. The molecule has 5 heteroatoms. The normalized spacial score (nSPS) is 10.7. The monoisotopic (exact) mass is 295 g/mol. The molecule has 1 aromatic carbocycles. The van der Waals surface area contributed by atoms with Crippen molar-refractivity contribution in [3.8, 4) is 11.3 Å². The summed E-state index contributed by atoms with van der Waals surface area (Å²) < 4.78 is 0. The van der Waals surface area contributed by atoms with Crippen molar-refractivity contribution >= 4 is 22.5 Å². The van der Waals surface area contributed by atoms with Gasteiger partial charge in [0, 0.05) is 23.3 Å². The summed E-state index contributed by atoms with van der Waals surface area (Å²) in [7, 11) is 0. The van der Waals surface area contributed by atoms with Gasteiger partial charge in [-0.3, -0.25) is 4.98 Å². The van der Waals surface area contributed by atoms with Crippen LogP contribution < -0.4 is 5.48 Å². The molecule has 0 saturated heterocycles. The highest BCUT2D eigenvalue weighted by Crippen LogP contribution is 2.24. The number of thiazole rings is 1. The summed E-state index contributed by atoms with van der Waals surface area (Å²) in [5.41, 5.74) is 5.83. The van der Waals surface area contributed by atoms with Gasteiger partial charge in [-0.25, -0.2) is 4.98 Å². The van der Waals surface area contributed by atoms with Crippen LogP contribution in [-0.4, -0.2) is 9.97 Å². The summed E-state index contributed by atoms with van der Waals surface area (Å²) in [6, 6.07) is 13.8. The fraction of sp³-hybridized carbons (Fsp3) is 0. The summed E-state index contributed by atoms with van der Waals surface area (Å²) in [6.45, 7) is 0. The summed E-state index contributed by atoms with van der Waals surface area (Å²) in [5.74, 6) is 0. The Hall–Kier alpha value is -2.66. The fourth-order valence-corrected chi connectivity index (χ4v) is 2.40. The topological polar surface area (TPSA) is 47.0 Å². The van der Waals surface area contributed by atoms with Crippen LogP contribution >= 0.6 is 11.3 Å². The maximum Gasteiger partial charge on any atom is 0.216 e. The minimum Gasteiger partial charge on any atom is -0.388 e. The Balaban J connectivity index is 1.57. The van der Waals surface area contributed by atoms with E-state index in [-0.39, 0.29) is 0 Å². The van der Waals surface area contributed by atoms with Crippen molar-refractivity contribution in [1.29, 1.82) is 0 Å². The first kappa shape index (κ1) is 13.3. The molecule has 0 aliphatic carbocycles. The number of anilines is 1. The maximum atomic E-state index is 5.28. The van der Waals surface area contributed by atoms with E-state index in [4.69, 9.17) is 4.84 Å². The van der Waals surface area contributed by atoms with Gasteiger partial charge in [0.15, 0.2) is 0 Å². The molecule has 0 atom stereocenters. The average molecular weight is 295 g/mol. The third-order valence-corrected chi connectivity index (χ3v) is 3.49. The number of aromatic nitrogens is 2. The molecule has 0 bridgehead atoms. The van der Waals surface area contributed by atoms with Gasteiger partial charge in [-0.05, 0) is 23.8 Å². The second kappa shape index (κ2) is 6.67. The van der Waals surface area contributed by atoms with Gasteiger partial charge >= 0.3 is 0 Å². The van der Waals surface area contributed by atoms with Crippen molar-refractivity contribution in [1.82, 2.24) is 9.97 Å². The van der Waals surface area contributed by atoms with Crippen LogP contribution in [0.5, 0.6) is 0 Å². The molecule has 2 heterocycles. The Morgan fingerprint density at radius 1 is 1.05 bits per heavy atom. The van der Waals surface area contributed by atoms with Crippen LogP contribution in [0.1, 0.15) is 5.56 Å². The van der Waals surface area contributed by atoms with Gasteiger partial charge in [-0.15, -0.1) is 11.3 Å². The molecule has 4 nitrogen and oxygen atoms in total. The first-order valence-corrected chi connectivity index (χ1v) is 7.29. The van der Waals surface area contributed by atoms with Crippen LogP contribution in [0, 0.1) is 0 Å². The standard InChI is InChI=1S/C16H13N3OS/c1-2-4-13(5-3-1)8-11-20-19-16-18-15(12-21-16)14-6-9-17-10-7-14/h1-12H,(H,18,19)/b11-8+. The van der Waals surface area contributed by atoms with Crippen LogP contribution in [0.25, 0.3) is 17.3 Å². The molecule has 104 valence electrons. The van der Waals surface area contributed by atoms with Crippen molar-refractivity contribution < 1.29 is 4.84 Å². The lowest BCUT2D eigenvalue weighted by Gasteiger charge is -1.99. The molecule has 0 saturated carbocycles. The van der Waals surface area contributed by atoms with Crippen molar-refractivity contribution in [3.63, 3.8) is 0 Å². The van der Waals surface area contributed by atoms with Crippen molar-refractivity contribution in [2.24, 2.45) is 0 Å². The van der Waals surface area contributed by atoms with Gasteiger partial charge in [-0.2, -0.15) is 5.48 Å². The number of hydrogen-bond acceptors (Lipinski definition) is 5. The zero-order valence-electron chi connectivity index (χ0n) is 11.1. The largest absolute Gasteiger partial charge is 0.388 e. The van der Waals surface area contributed by atoms with Crippen LogP contribution in [0.2, 0.25) is 0 Å². The summed E-state index contributed by atoms with van der Waals surface area (Å²) >= 11 is 1.49. The second-order valence-electron chi connectivity index (χ2n) is 4.21. The molecule has 0 unspecified atom stereocenters. The molecule has 3 rings (SSSR count). The van der Waals surface area contributed by atoms with Crippen LogP contribution in [0.3, 0.4) is 0 Å². The lowest BCUT2D eigenvalue weighted by Crippen LogP contribution is -1.93. The van der Waals surface area contributed by atoms with Crippen molar-refractivity contribution in [2.75, 3.05) is 5.48 Å². The van der Waals surface area contributed by atoms with Gasteiger partial charge in [0.1, 0.15) is 6.26 Å². The Kier molecular flexibility index (Phi) is 4.24. The zero-order valence-corrected chi connectivity index (χ0v) is 12.0. The maximum absolute atomic E-state index is 5.28. The first-order chi connectivity index (χ1) is 10.4. The molecule has 0 aliphatic rings. The molecule has 3 aromatic rings. The SMILES string of the molecule is C(=C\c1ccccc1)/ONc1nc(-c2ccncc2)cs1. The highest BCUT2D eigenvalue weighted by Gasteiger charge is 2.03. The van der Waals surface area contributed by atoms with Gasteiger partial charge in [-0.1, -0.05) is 30.3 Å². The smallest absolute Gasteiger partial charge is 0.216 e. The predicted octanol–water partition coefficient (Wildman–Crippen LogP) is 4.22. The van der Waals surface area contributed by atoms with E-state index in [9.17, 15) is 0 Å². The molecule has 0 amide bonds. The fourth-order valence-electron chi connectivity index (χ4n) is 1.74. The van der Waals surface area contributed by atoms with Crippen LogP contribution in [-0.2, 0) is 4.84 Å². The van der Waals surface area contributed by atoms with Crippen LogP contribution in [0.15, 0.2) is 66.5 Å². The predicted molar refractivity (Wildman–Crippen MR) is 85.5 cm³/mol. The highest BCUT2D eigenvalue weighted by atomic mass is 32.1. The lowest BCUT2D eigenvalue weighted by molar-refractivity contribution is 0.333. The number of pyridine rings is 1. The average Bonchev–Trinajstić information content (AvgIpc) is 3.02. The summed E-state index contributed by atoms with van der Waals surface area (Å²) in [5, 5.41) is 2.68. The number of hydrogen-bond donors (Lipinski definition) is 1.